The summed E-state index contributed by atoms with van der Waals surface area (Å²) >= 11 is 0. The van der Waals surface area contributed by atoms with Crippen LogP contribution < -0.4 is 0 Å². The van der Waals surface area contributed by atoms with Crippen LogP contribution in [0.5, 0.6) is 0 Å². The van der Waals surface area contributed by atoms with E-state index in [4.69, 9.17) is 58.4 Å². The minimum Gasteiger partial charge on any atom is -0.421 e. The van der Waals surface area contributed by atoms with Gasteiger partial charge in [0, 0.05) is 74.9 Å². The standard InChI is InChI=1S/C39H33N7O12/c1-19(47)53-34(54-20(2)48)28-13-7-25(8-14-28)31-40-37-42-32(26-9-15-29(16-10-26)35(55-21(3)49)56-22(4)50)44-39-45-33(43-38(41-31)46(37)39)27-11-17-30(18-12-27)36(57-23(5)51)58-24(6)52/h7-18,34-36H,1-6H3. The van der Waals surface area contributed by atoms with Gasteiger partial charge in [-0.25, -0.2) is 4.90 Å². The van der Waals surface area contributed by atoms with Gasteiger partial charge in [0.05, 0.1) is 0 Å². The molecule has 0 saturated carbocycles. The number of carbonyl (C=O) groups excluding carboxylic acids is 6. The van der Waals surface area contributed by atoms with E-state index in [1.165, 1.54) is 46.4 Å². The maximum absolute atomic E-state index is 11.7. The molecule has 0 radical (unpaired) electrons. The van der Waals surface area contributed by atoms with E-state index in [0.717, 1.165) is 0 Å². The van der Waals surface area contributed by atoms with Crippen molar-refractivity contribution in [2.24, 2.45) is 30.0 Å². The molecule has 0 aromatic heterocycles. The van der Waals surface area contributed by atoms with E-state index in [9.17, 15) is 28.8 Å². The Hall–Kier alpha value is -7.70. The first-order valence-electron chi connectivity index (χ1n) is 17.3. The van der Waals surface area contributed by atoms with Crippen molar-refractivity contribution in [3.05, 3.63) is 106 Å². The molecule has 19 nitrogen and oxygen atoms in total. The Kier molecular flexibility index (Phi) is 11.7. The van der Waals surface area contributed by atoms with Crippen LogP contribution in [0, 0.1) is 0 Å². The predicted molar refractivity (Wildman–Crippen MR) is 202 cm³/mol. The highest BCUT2D eigenvalue weighted by Gasteiger charge is 2.36. The molecule has 3 aliphatic rings. The lowest BCUT2D eigenvalue weighted by Crippen LogP contribution is -2.48. The average molecular weight is 792 g/mol. The van der Waals surface area contributed by atoms with E-state index >= 15 is 0 Å². The van der Waals surface area contributed by atoms with Crippen LogP contribution in [0.25, 0.3) is 0 Å². The van der Waals surface area contributed by atoms with E-state index in [2.05, 4.69) is 0 Å². The molecule has 0 unspecified atom stereocenters. The molecule has 6 rings (SSSR count). The molecular weight excluding hydrogens is 758 g/mol. The number of esters is 6. The van der Waals surface area contributed by atoms with Gasteiger partial charge in [0.15, 0.2) is 17.5 Å². The summed E-state index contributed by atoms with van der Waals surface area (Å²) in [6.45, 7) is 7.15. The summed E-state index contributed by atoms with van der Waals surface area (Å²) < 4.78 is 31.1. The summed E-state index contributed by atoms with van der Waals surface area (Å²) in [5, 5.41) is 0. The normalized spacial score (nSPS) is 14.1. The summed E-state index contributed by atoms with van der Waals surface area (Å²) in [4.78, 5) is 99.8. The number of benzene rings is 3. The Morgan fingerprint density at radius 3 is 0.759 bits per heavy atom. The van der Waals surface area contributed by atoms with Gasteiger partial charge in [0.1, 0.15) is 0 Å². The summed E-state index contributed by atoms with van der Waals surface area (Å²) in [6, 6.07) is 19.3. The van der Waals surface area contributed by atoms with E-state index < -0.39 is 54.7 Å². The third kappa shape index (κ3) is 9.56. The SMILES string of the molecule is CC(=O)OC(OC(C)=O)c1ccc(C2=NC3=NC(c4ccc(C(OC(C)=O)OC(C)=O)cc4)=NC4=NC(c5ccc(C(OC(C)=O)OC(C)=O)cc5)=NC(=N2)N34)cc1. The van der Waals surface area contributed by atoms with Gasteiger partial charge in [-0.15, -0.1) is 0 Å². The zero-order chi connectivity index (χ0) is 41.7. The molecule has 0 fully saturated rings. The first-order chi connectivity index (χ1) is 27.6. The second kappa shape index (κ2) is 17.0. The fraction of sp³-hybridized carbons (Fsp3) is 0.231. The van der Waals surface area contributed by atoms with Crippen LogP contribution in [-0.2, 0) is 57.2 Å². The summed E-state index contributed by atoms with van der Waals surface area (Å²) in [5.74, 6) is -3.04. The van der Waals surface area contributed by atoms with Crippen LogP contribution >= 0.6 is 0 Å². The molecule has 0 bridgehead atoms. The van der Waals surface area contributed by atoms with Gasteiger partial charge in [-0.1, -0.05) is 72.8 Å². The van der Waals surface area contributed by atoms with E-state index in [0.29, 0.717) is 33.4 Å². The number of ether oxygens (including phenoxy) is 6. The average Bonchev–Trinajstić information content (AvgIpc) is 3.16. The third-order valence-electron chi connectivity index (χ3n) is 7.80. The zero-order valence-electron chi connectivity index (χ0n) is 31.7. The van der Waals surface area contributed by atoms with E-state index in [-0.39, 0.29) is 35.4 Å². The van der Waals surface area contributed by atoms with Crippen molar-refractivity contribution >= 4 is 71.2 Å². The van der Waals surface area contributed by atoms with Crippen LogP contribution in [0.4, 0.5) is 0 Å². The summed E-state index contributed by atoms with van der Waals surface area (Å²) in [5.41, 5.74) is 2.59. The number of hydrogen-bond donors (Lipinski definition) is 0. The zero-order valence-corrected chi connectivity index (χ0v) is 31.7. The Morgan fingerprint density at radius 1 is 0.362 bits per heavy atom. The molecule has 0 atom stereocenters. The summed E-state index contributed by atoms with van der Waals surface area (Å²) in [6.07, 6.45) is -3.84. The molecule has 3 aromatic carbocycles. The Labute approximate surface area is 329 Å². The van der Waals surface area contributed by atoms with Gasteiger partial charge in [0.25, 0.3) is 18.9 Å². The quantitative estimate of drug-likeness (QED) is 0.143. The maximum atomic E-state index is 11.7. The molecule has 3 aliphatic heterocycles. The highest BCUT2D eigenvalue weighted by Crippen LogP contribution is 2.27. The van der Waals surface area contributed by atoms with Gasteiger partial charge >= 0.3 is 35.8 Å². The molecule has 58 heavy (non-hydrogen) atoms. The van der Waals surface area contributed by atoms with E-state index in [1.54, 1.807) is 72.8 Å². The van der Waals surface area contributed by atoms with Crippen LogP contribution in [0.15, 0.2) is 103 Å². The van der Waals surface area contributed by atoms with Crippen LogP contribution in [0.3, 0.4) is 0 Å². The monoisotopic (exact) mass is 791 g/mol. The van der Waals surface area contributed by atoms with Crippen molar-refractivity contribution in [3.8, 4) is 0 Å². The number of aliphatic imine (C=N–C) groups is 6. The Morgan fingerprint density at radius 2 is 0.569 bits per heavy atom. The van der Waals surface area contributed by atoms with Gasteiger partial charge in [-0.3, -0.25) is 28.8 Å². The van der Waals surface area contributed by atoms with Gasteiger partial charge in [-0.05, 0) is 0 Å². The highest BCUT2D eigenvalue weighted by molar-refractivity contribution is 6.34. The molecule has 0 amide bonds. The Balaban J connectivity index is 1.41. The van der Waals surface area contributed by atoms with Crippen LogP contribution in [0.2, 0.25) is 0 Å². The number of carbonyl (C=O) groups is 6. The third-order valence-corrected chi connectivity index (χ3v) is 7.80. The lowest BCUT2D eigenvalue weighted by molar-refractivity contribution is -0.188. The molecule has 0 spiro atoms. The van der Waals surface area contributed by atoms with Gasteiger partial charge in [-0.2, -0.15) is 30.0 Å². The molecular formula is C39H33N7O12. The molecule has 0 N–H and O–H groups in total. The van der Waals surface area contributed by atoms with Crippen molar-refractivity contribution in [3.63, 3.8) is 0 Å². The molecule has 3 aromatic rings. The predicted octanol–water partition coefficient (Wildman–Crippen LogP) is 4.11. The first-order valence-corrected chi connectivity index (χ1v) is 17.3. The molecule has 0 aliphatic carbocycles. The maximum Gasteiger partial charge on any atom is 0.305 e. The molecule has 0 saturated heterocycles. The molecule has 19 heteroatoms. The topological polar surface area (TPSA) is 235 Å². The minimum absolute atomic E-state index is 0.107. The van der Waals surface area contributed by atoms with Crippen LogP contribution in [0.1, 0.15) is 93.8 Å². The number of amidine groups is 3. The van der Waals surface area contributed by atoms with Gasteiger partial charge in [0.2, 0.25) is 17.9 Å². The fourth-order valence-electron chi connectivity index (χ4n) is 5.43. The lowest BCUT2D eigenvalue weighted by Gasteiger charge is -2.30. The molecule has 296 valence electrons. The summed E-state index contributed by atoms with van der Waals surface area (Å²) in [7, 11) is 0. The number of guanidine groups is 3. The second-order valence-electron chi connectivity index (χ2n) is 12.4. The van der Waals surface area contributed by atoms with Crippen LogP contribution in [-0.4, -0.2) is 76.1 Å². The van der Waals surface area contributed by atoms with Crippen molar-refractivity contribution in [1.82, 2.24) is 4.90 Å². The largest absolute Gasteiger partial charge is 0.421 e. The smallest absolute Gasteiger partial charge is 0.305 e. The second-order valence-corrected chi connectivity index (χ2v) is 12.4. The lowest BCUT2D eigenvalue weighted by atomic mass is 10.1. The van der Waals surface area contributed by atoms with Crippen molar-refractivity contribution in [1.29, 1.82) is 0 Å². The highest BCUT2D eigenvalue weighted by atomic mass is 16.7. The van der Waals surface area contributed by atoms with E-state index in [1.807, 2.05) is 0 Å². The number of rotatable bonds is 12. The molecule has 3 heterocycles. The number of hydrogen-bond acceptors (Lipinski definition) is 19. The van der Waals surface area contributed by atoms with Gasteiger partial charge < -0.3 is 28.4 Å². The Bertz CT molecular complexity index is 2070. The fourth-order valence-corrected chi connectivity index (χ4v) is 5.43. The number of nitrogens with zero attached hydrogens (tertiary/aromatic N) is 7. The minimum atomic E-state index is -1.28. The first kappa shape index (κ1) is 40.0. The van der Waals surface area contributed by atoms with Crippen molar-refractivity contribution in [2.45, 2.75) is 60.4 Å². The van der Waals surface area contributed by atoms with Crippen molar-refractivity contribution < 1.29 is 57.2 Å². The van der Waals surface area contributed by atoms with Crippen molar-refractivity contribution in [2.75, 3.05) is 0 Å².